The minimum absolute atomic E-state index is 0.0520. The van der Waals surface area contributed by atoms with Crippen molar-refractivity contribution in [3.05, 3.63) is 54.0 Å². The highest BCUT2D eigenvalue weighted by Gasteiger charge is 2.19. The van der Waals surface area contributed by atoms with E-state index in [1.807, 2.05) is 0 Å². The van der Waals surface area contributed by atoms with E-state index in [2.05, 4.69) is 15.1 Å². The van der Waals surface area contributed by atoms with Crippen LogP contribution < -0.4 is 4.74 Å². The Morgan fingerprint density at radius 3 is 2.85 bits per heavy atom. The number of carbonyl (C=O) groups excluding carboxylic acids is 1. The third kappa shape index (κ3) is 4.59. The van der Waals surface area contributed by atoms with Gasteiger partial charge in [-0.2, -0.15) is 13.8 Å². The number of thioether (sulfide) groups is 1. The molecule has 7 nitrogen and oxygen atoms in total. The Bertz CT molecular complexity index is 936. The van der Waals surface area contributed by atoms with Gasteiger partial charge in [-0.15, -0.1) is 0 Å². The van der Waals surface area contributed by atoms with E-state index in [4.69, 9.17) is 14.0 Å². The molecule has 0 N–H and O–H groups in total. The molecular weight excluding hydrogens is 380 g/mol. The van der Waals surface area contributed by atoms with Crippen molar-refractivity contribution in [1.29, 1.82) is 0 Å². The first-order valence-corrected chi connectivity index (χ1v) is 8.49. The monoisotopic (exact) mass is 393 g/mol. The van der Waals surface area contributed by atoms with Gasteiger partial charge < -0.3 is 14.0 Å². The quantitative estimate of drug-likeness (QED) is 0.442. The highest BCUT2D eigenvalue weighted by molar-refractivity contribution is 7.99. The molecule has 1 aromatic carbocycles. The number of esters is 1. The zero-order valence-electron chi connectivity index (χ0n) is 14.0. The molecule has 0 spiro atoms. The molecule has 0 saturated heterocycles. The molecule has 0 aliphatic carbocycles. The van der Waals surface area contributed by atoms with Crippen LogP contribution in [0.3, 0.4) is 0 Å². The fourth-order valence-electron chi connectivity index (χ4n) is 2.18. The number of ether oxygens (including phenoxy) is 2. The summed E-state index contributed by atoms with van der Waals surface area (Å²) in [4.78, 5) is 20.1. The van der Waals surface area contributed by atoms with Crippen molar-refractivity contribution in [2.75, 3.05) is 7.11 Å². The number of hydrogen-bond donors (Lipinski definition) is 0. The van der Waals surface area contributed by atoms with Crippen molar-refractivity contribution in [2.45, 2.75) is 17.4 Å². The van der Waals surface area contributed by atoms with Crippen molar-refractivity contribution in [1.82, 2.24) is 15.1 Å². The third-order valence-electron chi connectivity index (χ3n) is 3.33. The summed E-state index contributed by atoms with van der Waals surface area (Å²) in [6.45, 7) is -0.311. The molecule has 10 heteroatoms. The number of benzene rings is 1. The molecule has 0 atom stereocenters. The van der Waals surface area contributed by atoms with Crippen LogP contribution >= 0.6 is 11.8 Å². The Labute approximate surface area is 156 Å². The molecule has 0 aliphatic heterocycles. The van der Waals surface area contributed by atoms with Gasteiger partial charge in [-0.05, 0) is 36.0 Å². The van der Waals surface area contributed by atoms with Crippen LogP contribution in [0.5, 0.6) is 5.75 Å². The van der Waals surface area contributed by atoms with Gasteiger partial charge in [-0.3, -0.25) is 0 Å². The molecule has 0 amide bonds. The fraction of sp³-hybridized carbons (Fsp3) is 0.176. The standard InChI is InChI=1S/C17H13F2N3O4S/c1-24-12-7-3-2-5-10(12)14-21-13(26-22-14)9-25-16(23)11-6-4-8-20-15(11)27-17(18)19/h2-8,17H,9H2,1H3. The minimum atomic E-state index is -2.70. The molecule has 0 bridgehead atoms. The van der Waals surface area contributed by atoms with Gasteiger partial charge in [0.25, 0.3) is 11.6 Å². The van der Waals surface area contributed by atoms with Crippen LogP contribution in [0.4, 0.5) is 8.78 Å². The van der Waals surface area contributed by atoms with Gasteiger partial charge in [-0.1, -0.05) is 17.3 Å². The fourth-order valence-corrected chi connectivity index (χ4v) is 2.75. The molecule has 0 fully saturated rings. The van der Waals surface area contributed by atoms with Crippen molar-refractivity contribution >= 4 is 17.7 Å². The molecule has 0 aliphatic rings. The molecule has 2 heterocycles. The lowest BCUT2D eigenvalue weighted by atomic mass is 10.2. The molecule has 3 rings (SSSR count). The van der Waals surface area contributed by atoms with Crippen LogP contribution in [0.25, 0.3) is 11.4 Å². The molecule has 27 heavy (non-hydrogen) atoms. The summed E-state index contributed by atoms with van der Waals surface area (Å²) in [5.41, 5.74) is 0.552. The van der Waals surface area contributed by atoms with E-state index in [0.717, 1.165) is 0 Å². The minimum Gasteiger partial charge on any atom is -0.496 e. The summed E-state index contributed by atoms with van der Waals surface area (Å²) in [5.74, 6) is -2.63. The first-order chi connectivity index (χ1) is 13.1. The van der Waals surface area contributed by atoms with Gasteiger partial charge in [-0.25, -0.2) is 9.78 Å². The number of rotatable bonds is 7. The zero-order chi connectivity index (χ0) is 19.2. The average molecular weight is 393 g/mol. The van der Waals surface area contributed by atoms with E-state index in [0.29, 0.717) is 11.3 Å². The SMILES string of the molecule is COc1ccccc1-c1noc(COC(=O)c2cccnc2SC(F)F)n1. The third-order valence-corrected chi connectivity index (χ3v) is 4.06. The molecule has 140 valence electrons. The van der Waals surface area contributed by atoms with E-state index in [1.165, 1.54) is 25.4 Å². The first kappa shape index (κ1) is 18.8. The van der Waals surface area contributed by atoms with Crippen LogP contribution in [-0.4, -0.2) is 34.0 Å². The van der Waals surface area contributed by atoms with Gasteiger partial charge in [0.05, 0.1) is 18.2 Å². The van der Waals surface area contributed by atoms with Crippen LogP contribution in [-0.2, 0) is 11.3 Å². The van der Waals surface area contributed by atoms with Gasteiger partial charge >= 0.3 is 5.97 Å². The highest BCUT2D eigenvalue weighted by Crippen LogP contribution is 2.28. The Morgan fingerprint density at radius 2 is 2.07 bits per heavy atom. The molecule has 0 unspecified atom stereocenters. The number of methoxy groups -OCH3 is 1. The van der Waals surface area contributed by atoms with E-state index in [-0.39, 0.29) is 40.7 Å². The van der Waals surface area contributed by atoms with Crippen LogP contribution in [0.15, 0.2) is 52.1 Å². The normalized spacial score (nSPS) is 10.8. The van der Waals surface area contributed by atoms with E-state index in [9.17, 15) is 13.6 Å². The number of aromatic nitrogens is 3. The summed E-state index contributed by atoms with van der Waals surface area (Å²) >= 11 is 0.170. The molecule has 0 radical (unpaired) electrons. The predicted octanol–water partition coefficient (Wildman–Crippen LogP) is 3.81. The highest BCUT2D eigenvalue weighted by atomic mass is 32.2. The topological polar surface area (TPSA) is 87.3 Å². The number of hydrogen-bond acceptors (Lipinski definition) is 8. The van der Waals surface area contributed by atoms with Gasteiger partial charge in [0, 0.05) is 6.20 Å². The Balaban J connectivity index is 1.70. The van der Waals surface area contributed by atoms with Crippen molar-refractivity contribution in [3.63, 3.8) is 0 Å². The second kappa shape index (κ2) is 8.58. The number of pyridine rings is 1. The number of nitrogens with zero attached hydrogens (tertiary/aromatic N) is 3. The first-order valence-electron chi connectivity index (χ1n) is 7.61. The summed E-state index contributed by atoms with van der Waals surface area (Å²) < 4.78 is 40.5. The molecule has 0 saturated carbocycles. The van der Waals surface area contributed by atoms with Gasteiger partial charge in [0.15, 0.2) is 6.61 Å². The molecular formula is C17H13F2N3O4S. The summed E-state index contributed by atoms with van der Waals surface area (Å²) in [7, 11) is 1.52. The van der Waals surface area contributed by atoms with Gasteiger partial charge in [0.1, 0.15) is 10.8 Å². The molecule has 3 aromatic rings. The Kier molecular flexibility index (Phi) is 5.97. The second-order valence-electron chi connectivity index (χ2n) is 5.02. The zero-order valence-corrected chi connectivity index (χ0v) is 14.8. The van der Waals surface area contributed by atoms with Gasteiger partial charge in [0.2, 0.25) is 5.82 Å². The van der Waals surface area contributed by atoms with Crippen LogP contribution in [0.1, 0.15) is 16.2 Å². The summed E-state index contributed by atoms with van der Waals surface area (Å²) in [6.07, 6.45) is 1.32. The second-order valence-corrected chi connectivity index (χ2v) is 6.00. The van der Waals surface area contributed by atoms with Crippen LogP contribution in [0.2, 0.25) is 0 Å². The predicted molar refractivity (Wildman–Crippen MR) is 91.5 cm³/mol. The van der Waals surface area contributed by atoms with E-state index < -0.39 is 11.7 Å². The lowest BCUT2D eigenvalue weighted by Crippen LogP contribution is -2.08. The summed E-state index contributed by atoms with van der Waals surface area (Å²) in [6, 6.07) is 9.90. The lowest BCUT2D eigenvalue weighted by molar-refractivity contribution is 0.0424. The van der Waals surface area contributed by atoms with E-state index >= 15 is 0 Å². The number of carbonyl (C=O) groups is 1. The van der Waals surface area contributed by atoms with E-state index in [1.54, 1.807) is 24.3 Å². The number of alkyl halides is 2. The van der Waals surface area contributed by atoms with Crippen molar-refractivity contribution in [2.24, 2.45) is 0 Å². The Hall–Kier alpha value is -3.01. The van der Waals surface area contributed by atoms with Crippen molar-refractivity contribution in [3.8, 4) is 17.1 Å². The Morgan fingerprint density at radius 1 is 1.26 bits per heavy atom. The largest absolute Gasteiger partial charge is 0.496 e. The lowest BCUT2D eigenvalue weighted by Gasteiger charge is -2.06. The van der Waals surface area contributed by atoms with Crippen molar-refractivity contribution < 1.29 is 27.6 Å². The maximum Gasteiger partial charge on any atom is 0.341 e. The van der Waals surface area contributed by atoms with Crippen LogP contribution in [0, 0.1) is 0 Å². The molecule has 2 aromatic heterocycles. The number of halogens is 2. The smallest absolute Gasteiger partial charge is 0.341 e. The maximum absolute atomic E-state index is 12.6. The summed E-state index contributed by atoms with van der Waals surface area (Å²) in [5, 5.41) is 3.72. The number of para-hydroxylation sites is 1. The maximum atomic E-state index is 12.6. The average Bonchev–Trinajstić information content (AvgIpc) is 3.15.